The highest BCUT2D eigenvalue weighted by Crippen LogP contribution is 2.40. The molecule has 0 amide bonds. The van der Waals surface area contributed by atoms with Gasteiger partial charge in [0.05, 0.1) is 13.2 Å². The number of rotatable bonds is 4. The summed E-state index contributed by atoms with van der Waals surface area (Å²) in [6, 6.07) is 0.309. The van der Waals surface area contributed by atoms with Gasteiger partial charge in [0, 0.05) is 23.6 Å². The van der Waals surface area contributed by atoms with E-state index in [9.17, 15) is 9.90 Å². The molecule has 0 saturated heterocycles. The third-order valence-corrected chi connectivity index (χ3v) is 3.50. The van der Waals surface area contributed by atoms with Crippen molar-refractivity contribution in [3.8, 4) is 0 Å². The molecule has 1 fully saturated rings. The normalized spacial score (nSPS) is 28.4. The van der Waals surface area contributed by atoms with Gasteiger partial charge in [-0.1, -0.05) is 19.9 Å². The van der Waals surface area contributed by atoms with Gasteiger partial charge in [-0.15, -0.1) is 0 Å². The average molecular weight is 227 g/mol. The fraction of sp³-hybridized carbons (Fsp3) is 0.750. The van der Waals surface area contributed by atoms with Crippen molar-refractivity contribution in [2.24, 2.45) is 5.41 Å². The van der Waals surface area contributed by atoms with Gasteiger partial charge in [0.2, 0.25) is 0 Å². The van der Waals surface area contributed by atoms with E-state index in [-0.39, 0.29) is 17.5 Å². The third kappa shape index (κ3) is 2.62. The summed E-state index contributed by atoms with van der Waals surface area (Å²) in [5, 5.41) is 12.9. The second-order valence-corrected chi connectivity index (χ2v) is 4.91. The van der Waals surface area contributed by atoms with E-state index in [4.69, 9.17) is 0 Å². The number of aliphatic hydroxyl groups is 1. The summed E-state index contributed by atoms with van der Waals surface area (Å²) in [7, 11) is 1.37. The first-order valence-electron chi connectivity index (χ1n) is 5.56. The van der Waals surface area contributed by atoms with Crippen molar-refractivity contribution >= 4 is 5.97 Å². The Hall–Kier alpha value is -0.870. The zero-order chi connectivity index (χ0) is 12.3. The maximum absolute atomic E-state index is 11.1. The van der Waals surface area contributed by atoms with Crippen LogP contribution in [0, 0.1) is 5.41 Å². The minimum absolute atomic E-state index is 0.0764. The molecule has 2 unspecified atom stereocenters. The molecule has 16 heavy (non-hydrogen) atoms. The van der Waals surface area contributed by atoms with E-state index in [1.807, 2.05) is 19.9 Å². The Morgan fingerprint density at radius 2 is 2.25 bits per heavy atom. The number of hydrogen-bond donors (Lipinski definition) is 2. The topological polar surface area (TPSA) is 58.6 Å². The highest BCUT2D eigenvalue weighted by Gasteiger charge is 2.46. The lowest BCUT2D eigenvalue weighted by atomic mass is 9.64. The lowest BCUT2D eigenvalue weighted by Crippen LogP contribution is -2.59. The second-order valence-electron chi connectivity index (χ2n) is 4.91. The van der Waals surface area contributed by atoms with Crippen LogP contribution in [0.3, 0.4) is 0 Å². The quantitative estimate of drug-likeness (QED) is 0.552. The predicted molar refractivity (Wildman–Crippen MR) is 62.0 cm³/mol. The molecule has 1 rings (SSSR count). The number of aliphatic hydroxyl groups excluding tert-OH is 1. The van der Waals surface area contributed by atoms with Crippen LogP contribution < -0.4 is 5.32 Å². The summed E-state index contributed by atoms with van der Waals surface area (Å²) in [6.45, 7) is 6.43. The standard InChI is InChI=1S/C12H21NO3/c1-8(11(15)16-4)5-6-13-9-7-10(14)12(9,2)3/h5,9-10,13-14H,6-7H2,1-4H3. The van der Waals surface area contributed by atoms with Gasteiger partial charge in [0.1, 0.15) is 0 Å². The van der Waals surface area contributed by atoms with Crippen LogP contribution in [-0.4, -0.2) is 36.9 Å². The van der Waals surface area contributed by atoms with Crippen molar-refractivity contribution in [1.82, 2.24) is 5.32 Å². The second kappa shape index (κ2) is 4.97. The number of carbonyl (C=O) groups excluding carboxylic acids is 1. The molecule has 1 saturated carbocycles. The largest absolute Gasteiger partial charge is 0.466 e. The van der Waals surface area contributed by atoms with Crippen molar-refractivity contribution in [2.75, 3.05) is 13.7 Å². The number of methoxy groups -OCH3 is 1. The summed E-state index contributed by atoms with van der Waals surface area (Å²) < 4.78 is 4.59. The minimum Gasteiger partial charge on any atom is -0.466 e. The number of esters is 1. The molecule has 0 aromatic heterocycles. The van der Waals surface area contributed by atoms with Gasteiger partial charge in [-0.05, 0) is 13.3 Å². The van der Waals surface area contributed by atoms with Crippen molar-refractivity contribution in [2.45, 2.75) is 39.3 Å². The van der Waals surface area contributed by atoms with Crippen LogP contribution in [0.1, 0.15) is 27.2 Å². The summed E-state index contributed by atoms with van der Waals surface area (Å²) in [4.78, 5) is 11.1. The third-order valence-electron chi connectivity index (χ3n) is 3.50. The van der Waals surface area contributed by atoms with Crippen LogP contribution in [0.15, 0.2) is 11.6 Å². The van der Waals surface area contributed by atoms with Gasteiger partial charge in [0.25, 0.3) is 0 Å². The Bertz CT molecular complexity index is 297. The molecule has 0 bridgehead atoms. The first kappa shape index (κ1) is 13.2. The van der Waals surface area contributed by atoms with E-state index in [0.29, 0.717) is 18.2 Å². The molecular weight excluding hydrogens is 206 g/mol. The number of nitrogens with one attached hydrogen (secondary N) is 1. The molecule has 2 N–H and O–H groups in total. The monoisotopic (exact) mass is 227 g/mol. The Morgan fingerprint density at radius 1 is 1.62 bits per heavy atom. The summed E-state index contributed by atoms with van der Waals surface area (Å²) >= 11 is 0. The molecule has 1 aliphatic rings. The molecule has 0 heterocycles. The first-order chi connectivity index (χ1) is 7.39. The number of ether oxygens (including phenoxy) is 1. The van der Waals surface area contributed by atoms with E-state index in [1.54, 1.807) is 6.92 Å². The van der Waals surface area contributed by atoms with Gasteiger partial charge in [0.15, 0.2) is 0 Å². The highest BCUT2D eigenvalue weighted by molar-refractivity contribution is 5.87. The number of carbonyl (C=O) groups is 1. The zero-order valence-electron chi connectivity index (χ0n) is 10.4. The van der Waals surface area contributed by atoms with Crippen LogP contribution in [-0.2, 0) is 9.53 Å². The van der Waals surface area contributed by atoms with Crippen LogP contribution in [0.2, 0.25) is 0 Å². The van der Waals surface area contributed by atoms with Crippen LogP contribution >= 0.6 is 0 Å². The lowest BCUT2D eigenvalue weighted by molar-refractivity contribution is -0.136. The molecule has 0 aliphatic heterocycles. The molecule has 92 valence electrons. The average Bonchev–Trinajstić information content (AvgIpc) is 2.26. The molecule has 4 heteroatoms. The smallest absolute Gasteiger partial charge is 0.333 e. The van der Waals surface area contributed by atoms with Gasteiger partial charge < -0.3 is 15.2 Å². The van der Waals surface area contributed by atoms with E-state index >= 15 is 0 Å². The Balaban J connectivity index is 2.35. The maximum atomic E-state index is 11.1. The van der Waals surface area contributed by atoms with E-state index in [2.05, 4.69) is 10.1 Å². The molecule has 0 spiro atoms. The minimum atomic E-state index is -0.297. The van der Waals surface area contributed by atoms with Crippen molar-refractivity contribution in [3.63, 3.8) is 0 Å². The van der Waals surface area contributed by atoms with Crippen molar-refractivity contribution < 1.29 is 14.6 Å². The van der Waals surface area contributed by atoms with E-state index < -0.39 is 0 Å². The first-order valence-corrected chi connectivity index (χ1v) is 5.56. The molecule has 0 radical (unpaired) electrons. The van der Waals surface area contributed by atoms with Gasteiger partial charge in [-0.25, -0.2) is 4.79 Å². The molecule has 0 aromatic rings. The summed E-state index contributed by atoms with van der Waals surface area (Å²) in [6.07, 6.45) is 2.36. The lowest BCUT2D eigenvalue weighted by Gasteiger charge is -2.49. The maximum Gasteiger partial charge on any atom is 0.333 e. The Labute approximate surface area is 96.7 Å². The molecule has 2 atom stereocenters. The van der Waals surface area contributed by atoms with Gasteiger partial charge in [-0.3, -0.25) is 0 Å². The fourth-order valence-electron chi connectivity index (χ4n) is 1.85. The van der Waals surface area contributed by atoms with Gasteiger partial charge in [-0.2, -0.15) is 0 Å². The zero-order valence-corrected chi connectivity index (χ0v) is 10.4. The number of hydrogen-bond acceptors (Lipinski definition) is 4. The van der Waals surface area contributed by atoms with E-state index in [0.717, 1.165) is 6.42 Å². The van der Waals surface area contributed by atoms with Gasteiger partial charge >= 0.3 is 5.97 Å². The van der Waals surface area contributed by atoms with Crippen LogP contribution in [0.25, 0.3) is 0 Å². The predicted octanol–water partition coefficient (Wildman–Crippen LogP) is 0.855. The molecular formula is C12H21NO3. The van der Waals surface area contributed by atoms with Crippen LogP contribution in [0.4, 0.5) is 0 Å². The van der Waals surface area contributed by atoms with Crippen LogP contribution in [0.5, 0.6) is 0 Å². The Morgan fingerprint density at radius 3 is 2.69 bits per heavy atom. The summed E-state index contributed by atoms with van der Waals surface area (Å²) in [5.41, 5.74) is 0.528. The molecule has 1 aliphatic carbocycles. The van der Waals surface area contributed by atoms with Crippen molar-refractivity contribution in [1.29, 1.82) is 0 Å². The van der Waals surface area contributed by atoms with Crippen molar-refractivity contribution in [3.05, 3.63) is 11.6 Å². The Kier molecular flexibility index (Phi) is 4.10. The molecule has 0 aromatic carbocycles. The SMILES string of the molecule is COC(=O)C(C)=CCNC1CC(O)C1(C)C. The molecule has 4 nitrogen and oxygen atoms in total. The highest BCUT2D eigenvalue weighted by atomic mass is 16.5. The fourth-order valence-corrected chi connectivity index (χ4v) is 1.85. The van der Waals surface area contributed by atoms with E-state index in [1.165, 1.54) is 7.11 Å². The summed E-state index contributed by atoms with van der Waals surface area (Å²) in [5.74, 6) is -0.297.